The molecular formula is C19H15N5O5. The Balaban J connectivity index is 1.74. The smallest absolute Gasteiger partial charge is 0.339 e. The van der Waals surface area contributed by atoms with Gasteiger partial charge in [-0.05, 0) is 17.7 Å². The molecule has 2 unspecified atom stereocenters. The van der Waals surface area contributed by atoms with Gasteiger partial charge in [-0.25, -0.2) is 19.7 Å². The van der Waals surface area contributed by atoms with E-state index in [-0.39, 0.29) is 29.3 Å². The number of nitrogens with two attached hydrogens (primary N) is 1. The van der Waals surface area contributed by atoms with E-state index < -0.39 is 29.5 Å². The number of fused-ring (bicyclic) bond motifs is 1. The molecule has 0 spiro atoms. The molecule has 0 radical (unpaired) electrons. The van der Waals surface area contributed by atoms with Crippen molar-refractivity contribution in [3.63, 3.8) is 0 Å². The fourth-order valence-electron chi connectivity index (χ4n) is 3.34. The lowest BCUT2D eigenvalue weighted by Gasteiger charge is -2.20. The summed E-state index contributed by atoms with van der Waals surface area (Å²) in [6, 6.07) is 7.55. The zero-order valence-corrected chi connectivity index (χ0v) is 14.9. The van der Waals surface area contributed by atoms with Crippen LogP contribution in [0.25, 0.3) is 11.4 Å². The molecule has 1 aliphatic rings. The van der Waals surface area contributed by atoms with Crippen LogP contribution in [0.1, 0.15) is 27.7 Å². The summed E-state index contributed by atoms with van der Waals surface area (Å²) in [5.41, 5.74) is 6.38. The lowest BCUT2D eigenvalue weighted by molar-refractivity contribution is -0.121. The number of carbonyl (C=O) groups excluding carboxylic acids is 1. The minimum absolute atomic E-state index is 0.00981. The molecule has 0 fully saturated rings. The van der Waals surface area contributed by atoms with Gasteiger partial charge in [-0.15, -0.1) is 0 Å². The summed E-state index contributed by atoms with van der Waals surface area (Å²) in [7, 11) is 0. The molecule has 29 heavy (non-hydrogen) atoms. The third kappa shape index (κ3) is 3.43. The number of carbonyl (C=O) groups is 2. The Kier molecular flexibility index (Phi) is 4.51. The van der Waals surface area contributed by atoms with Crippen LogP contribution in [0.2, 0.25) is 0 Å². The molecular weight excluding hydrogens is 378 g/mol. The lowest BCUT2D eigenvalue weighted by Crippen LogP contribution is -2.36. The number of aromatic amines is 1. The Hall–Kier alpha value is -4.08. The van der Waals surface area contributed by atoms with Gasteiger partial charge in [0.15, 0.2) is 0 Å². The first-order chi connectivity index (χ1) is 13.9. The fraction of sp³-hybridized carbons (Fsp3) is 0.158. The maximum atomic E-state index is 12.3. The highest BCUT2D eigenvalue weighted by Crippen LogP contribution is 2.37. The zero-order valence-electron chi connectivity index (χ0n) is 14.9. The van der Waals surface area contributed by atoms with Crippen LogP contribution >= 0.6 is 0 Å². The van der Waals surface area contributed by atoms with Crippen molar-refractivity contribution in [2.45, 2.75) is 18.4 Å². The van der Waals surface area contributed by atoms with E-state index in [1.54, 1.807) is 18.2 Å². The Morgan fingerprint density at radius 2 is 2.10 bits per heavy atom. The largest absolute Gasteiger partial charge is 0.488 e. The van der Waals surface area contributed by atoms with Crippen LogP contribution in [0.3, 0.4) is 0 Å². The van der Waals surface area contributed by atoms with Crippen molar-refractivity contribution < 1.29 is 19.4 Å². The van der Waals surface area contributed by atoms with Gasteiger partial charge in [0.25, 0.3) is 5.56 Å². The van der Waals surface area contributed by atoms with Gasteiger partial charge in [-0.3, -0.25) is 9.59 Å². The second-order valence-corrected chi connectivity index (χ2v) is 6.45. The second kappa shape index (κ2) is 7.15. The van der Waals surface area contributed by atoms with Gasteiger partial charge in [0.1, 0.15) is 35.5 Å². The molecule has 2 atom stereocenters. The number of nitrogens with zero attached hydrogens (tertiary/aromatic N) is 3. The number of primary amides is 1. The van der Waals surface area contributed by atoms with Crippen molar-refractivity contribution in [1.82, 2.24) is 19.9 Å². The number of hydrogen-bond acceptors (Lipinski definition) is 7. The van der Waals surface area contributed by atoms with Crippen molar-refractivity contribution in [2.24, 2.45) is 5.73 Å². The first-order valence-electron chi connectivity index (χ1n) is 8.63. The zero-order chi connectivity index (χ0) is 20.5. The lowest BCUT2D eigenvalue weighted by atomic mass is 9.96. The van der Waals surface area contributed by atoms with E-state index in [0.29, 0.717) is 11.3 Å². The normalized spacial score (nSPS) is 15.9. The Labute approximate surface area is 163 Å². The van der Waals surface area contributed by atoms with E-state index in [1.807, 2.05) is 0 Å². The standard InChI is InChI=1S/C19H15N5O5/c20-17(26)15(13-6-9-2-1-3-10(19(27)28)16(9)29-13)18-23-12(7-14(25)24-18)11-4-5-21-8-22-11/h1-5,7-8,13,15H,6H2,(H2,20,26)(H,27,28)(H,23,24,25). The molecule has 146 valence electrons. The van der Waals surface area contributed by atoms with Gasteiger partial charge in [0.2, 0.25) is 5.91 Å². The second-order valence-electron chi connectivity index (χ2n) is 6.45. The summed E-state index contributed by atoms with van der Waals surface area (Å²) in [5, 5.41) is 9.36. The number of nitrogens with one attached hydrogen (secondary N) is 1. The van der Waals surface area contributed by atoms with E-state index in [0.717, 1.165) is 0 Å². The average Bonchev–Trinajstić information content (AvgIpc) is 3.11. The summed E-state index contributed by atoms with van der Waals surface area (Å²) in [5.74, 6) is -2.80. The number of ether oxygens (including phenoxy) is 1. The average molecular weight is 393 g/mol. The number of carboxylic acids is 1. The highest BCUT2D eigenvalue weighted by Gasteiger charge is 2.38. The van der Waals surface area contributed by atoms with Gasteiger partial charge < -0.3 is 20.6 Å². The molecule has 1 aliphatic heterocycles. The predicted molar refractivity (Wildman–Crippen MR) is 99.3 cm³/mol. The minimum atomic E-state index is -1.14. The summed E-state index contributed by atoms with van der Waals surface area (Å²) in [6.45, 7) is 0. The molecule has 3 heterocycles. The highest BCUT2D eigenvalue weighted by molar-refractivity contribution is 5.92. The van der Waals surface area contributed by atoms with Crippen LogP contribution in [0.5, 0.6) is 5.75 Å². The monoisotopic (exact) mass is 393 g/mol. The number of aromatic nitrogens is 4. The van der Waals surface area contributed by atoms with Gasteiger partial charge >= 0.3 is 5.97 Å². The summed E-state index contributed by atoms with van der Waals surface area (Å²) in [4.78, 5) is 50.6. The molecule has 4 rings (SSSR count). The summed E-state index contributed by atoms with van der Waals surface area (Å²) < 4.78 is 5.79. The molecule has 0 saturated carbocycles. The molecule has 1 aromatic carbocycles. The number of para-hydroxylation sites is 1. The first kappa shape index (κ1) is 18.3. The molecule has 1 amide bonds. The number of benzene rings is 1. The van der Waals surface area contributed by atoms with Crippen LogP contribution in [0.15, 0.2) is 47.7 Å². The van der Waals surface area contributed by atoms with E-state index in [1.165, 1.54) is 24.7 Å². The van der Waals surface area contributed by atoms with E-state index >= 15 is 0 Å². The Bertz CT molecular complexity index is 1160. The van der Waals surface area contributed by atoms with Gasteiger partial charge in [0.05, 0.1) is 11.4 Å². The van der Waals surface area contributed by atoms with Crippen LogP contribution in [-0.2, 0) is 11.2 Å². The number of rotatable bonds is 5. The van der Waals surface area contributed by atoms with Crippen LogP contribution in [0.4, 0.5) is 0 Å². The van der Waals surface area contributed by atoms with Crippen molar-refractivity contribution in [1.29, 1.82) is 0 Å². The predicted octanol–water partition coefficient (Wildman–Crippen LogP) is 0.498. The number of carboxylic acid groups (broad SMARTS) is 1. The fourth-order valence-corrected chi connectivity index (χ4v) is 3.34. The van der Waals surface area contributed by atoms with E-state index in [9.17, 15) is 19.5 Å². The number of hydrogen-bond donors (Lipinski definition) is 3. The van der Waals surface area contributed by atoms with Gasteiger partial charge in [-0.2, -0.15) is 0 Å². The molecule has 0 aliphatic carbocycles. The van der Waals surface area contributed by atoms with Crippen LogP contribution in [0, 0.1) is 0 Å². The van der Waals surface area contributed by atoms with Gasteiger partial charge in [-0.1, -0.05) is 12.1 Å². The first-order valence-corrected chi connectivity index (χ1v) is 8.63. The highest BCUT2D eigenvalue weighted by atomic mass is 16.5. The van der Waals surface area contributed by atoms with E-state index in [2.05, 4.69) is 19.9 Å². The van der Waals surface area contributed by atoms with Crippen molar-refractivity contribution in [3.05, 3.63) is 70.2 Å². The quantitative estimate of drug-likeness (QED) is 0.564. The van der Waals surface area contributed by atoms with Crippen LogP contribution in [-0.4, -0.2) is 43.0 Å². The van der Waals surface area contributed by atoms with Crippen molar-refractivity contribution in [2.75, 3.05) is 0 Å². The molecule has 4 N–H and O–H groups in total. The molecule has 0 saturated heterocycles. The summed E-state index contributed by atoms with van der Waals surface area (Å²) >= 11 is 0. The third-order valence-corrected chi connectivity index (χ3v) is 4.59. The number of H-pyrrole nitrogens is 1. The van der Waals surface area contributed by atoms with Crippen molar-refractivity contribution in [3.8, 4) is 17.1 Å². The molecule has 0 bridgehead atoms. The topological polar surface area (TPSA) is 161 Å². The SMILES string of the molecule is NC(=O)C(c1nc(-c2ccncn2)cc(=O)[nH]1)C1Cc2cccc(C(=O)O)c2O1. The maximum absolute atomic E-state index is 12.3. The van der Waals surface area contributed by atoms with Crippen molar-refractivity contribution >= 4 is 11.9 Å². The number of aromatic carboxylic acids is 1. The third-order valence-electron chi connectivity index (χ3n) is 4.59. The maximum Gasteiger partial charge on any atom is 0.339 e. The molecule has 3 aromatic rings. The summed E-state index contributed by atoms with van der Waals surface area (Å²) in [6.07, 6.45) is 2.24. The minimum Gasteiger partial charge on any atom is -0.488 e. The number of amides is 1. The Morgan fingerprint density at radius 1 is 1.28 bits per heavy atom. The Morgan fingerprint density at radius 3 is 2.79 bits per heavy atom. The molecule has 10 nitrogen and oxygen atoms in total. The molecule has 10 heteroatoms. The van der Waals surface area contributed by atoms with Crippen LogP contribution < -0.4 is 16.0 Å². The molecule has 2 aromatic heterocycles. The van der Waals surface area contributed by atoms with Gasteiger partial charge in [0, 0.05) is 18.7 Å². The van der Waals surface area contributed by atoms with E-state index in [4.69, 9.17) is 10.5 Å².